The van der Waals surface area contributed by atoms with Gasteiger partial charge in [-0.05, 0) is 25.3 Å². The van der Waals surface area contributed by atoms with Crippen LogP contribution < -0.4 is 16.4 Å². The molecule has 1 aliphatic rings. The number of nitrogens with zero attached hydrogens (tertiary/aromatic N) is 4. The molecule has 7 nitrogen and oxygen atoms in total. The smallest absolute Gasteiger partial charge is 0.172 e. The standard InChI is InChI=1S/C19H23FN6OS/c1-25-19(26-5-2-3-13(21)4-6-26)11(9-24-25)7-14(27)16-17-15(28-18(16)22)8-12(20)10-23-17/h8-10,13H,2-7,21-22H2,1H3. The lowest BCUT2D eigenvalue weighted by molar-refractivity contribution is 0.0995. The number of anilines is 2. The summed E-state index contributed by atoms with van der Waals surface area (Å²) in [5, 5.41) is 4.73. The highest BCUT2D eigenvalue weighted by Gasteiger charge is 2.24. The summed E-state index contributed by atoms with van der Waals surface area (Å²) in [4.78, 5) is 19.4. The van der Waals surface area contributed by atoms with Crippen LogP contribution in [0.1, 0.15) is 35.2 Å². The highest BCUT2D eigenvalue weighted by atomic mass is 32.1. The van der Waals surface area contributed by atoms with Crippen molar-refractivity contribution in [3.63, 3.8) is 0 Å². The van der Waals surface area contributed by atoms with Crippen molar-refractivity contribution in [2.45, 2.75) is 31.7 Å². The third kappa shape index (κ3) is 3.47. The number of fused-ring (bicyclic) bond motifs is 1. The molecule has 1 fully saturated rings. The number of carbonyl (C=O) groups is 1. The van der Waals surface area contributed by atoms with E-state index in [1.165, 1.54) is 17.4 Å². The summed E-state index contributed by atoms with van der Waals surface area (Å²) >= 11 is 1.18. The highest BCUT2D eigenvalue weighted by molar-refractivity contribution is 7.23. The first-order valence-electron chi connectivity index (χ1n) is 9.32. The van der Waals surface area contributed by atoms with Gasteiger partial charge in [0.05, 0.1) is 33.2 Å². The van der Waals surface area contributed by atoms with E-state index < -0.39 is 5.82 Å². The van der Waals surface area contributed by atoms with Gasteiger partial charge >= 0.3 is 0 Å². The van der Waals surface area contributed by atoms with E-state index in [9.17, 15) is 9.18 Å². The molecule has 0 spiro atoms. The minimum Gasteiger partial charge on any atom is -0.390 e. The molecule has 4 rings (SSSR count). The molecule has 0 radical (unpaired) electrons. The Kier molecular flexibility index (Phi) is 5.03. The fourth-order valence-corrected chi connectivity index (χ4v) is 4.82. The summed E-state index contributed by atoms with van der Waals surface area (Å²) in [5.41, 5.74) is 13.8. The van der Waals surface area contributed by atoms with Crippen molar-refractivity contribution in [3.8, 4) is 0 Å². The first-order chi connectivity index (χ1) is 13.4. The van der Waals surface area contributed by atoms with Gasteiger partial charge in [0, 0.05) is 38.2 Å². The molecule has 0 amide bonds. The lowest BCUT2D eigenvalue weighted by atomic mass is 10.1. The van der Waals surface area contributed by atoms with Crippen LogP contribution in [0, 0.1) is 5.82 Å². The monoisotopic (exact) mass is 402 g/mol. The summed E-state index contributed by atoms with van der Waals surface area (Å²) in [7, 11) is 1.88. The Bertz CT molecular complexity index is 1030. The van der Waals surface area contributed by atoms with E-state index in [1.54, 1.807) is 6.20 Å². The van der Waals surface area contributed by atoms with Crippen LogP contribution in [0.2, 0.25) is 0 Å². The summed E-state index contributed by atoms with van der Waals surface area (Å²) in [6.45, 7) is 1.73. The van der Waals surface area contributed by atoms with Crippen LogP contribution >= 0.6 is 11.3 Å². The third-order valence-corrected chi connectivity index (χ3v) is 6.16. The van der Waals surface area contributed by atoms with Crippen LogP contribution in [0.5, 0.6) is 0 Å². The number of hydrogen-bond donors (Lipinski definition) is 2. The van der Waals surface area contributed by atoms with Gasteiger partial charge in [0.2, 0.25) is 0 Å². The Labute approximate surface area is 166 Å². The predicted molar refractivity (Wildman–Crippen MR) is 109 cm³/mol. The maximum atomic E-state index is 13.4. The number of Topliss-reactive ketones (excluding diaryl/α,β-unsaturated/α-hetero) is 1. The van der Waals surface area contributed by atoms with Crippen molar-refractivity contribution >= 4 is 38.2 Å². The van der Waals surface area contributed by atoms with Crippen LogP contribution in [-0.2, 0) is 13.5 Å². The fourth-order valence-electron chi connectivity index (χ4n) is 3.85. The van der Waals surface area contributed by atoms with Gasteiger partial charge in [0.25, 0.3) is 0 Å². The number of aryl methyl sites for hydroxylation is 1. The molecule has 28 heavy (non-hydrogen) atoms. The zero-order chi connectivity index (χ0) is 19.8. The highest BCUT2D eigenvalue weighted by Crippen LogP contribution is 2.34. The maximum Gasteiger partial charge on any atom is 0.172 e. The minimum atomic E-state index is -0.443. The largest absolute Gasteiger partial charge is 0.390 e. The molecule has 4 heterocycles. The number of nitrogens with two attached hydrogens (primary N) is 2. The molecule has 1 saturated heterocycles. The third-order valence-electron chi connectivity index (χ3n) is 5.21. The van der Waals surface area contributed by atoms with Crippen molar-refractivity contribution in [2.75, 3.05) is 23.7 Å². The molecule has 1 aliphatic heterocycles. The molecule has 3 aromatic rings. The molecular weight excluding hydrogens is 379 g/mol. The van der Waals surface area contributed by atoms with Crippen molar-refractivity contribution in [1.29, 1.82) is 0 Å². The molecule has 9 heteroatoms. The van der Waals surface area contributed by atoms with Crippen LogP contribution in [0.3, 0.4) is 0 Å². The summed E-state index contributed by atoms with van der Waals surface area (Å²) in [6.07, 6.45) is 5.94. The van der Waals surface area contributed by atoms with E-state index >= 15 is 0 Å². The van der Waals surface area contributed by atoms with Crippen molar-refractivity contribution < 1.29 is 9.18 Å². The Hall–Kier alpha value is -2.52. The van der Waals surface area contributed by atoms with Gasteiger partial charge < -0.3 is 16.4 Å². The average molecular weight is 402 g/mol. The molecule has 148 valence electrons. The molecule has 4 N–H and O–H groups in total. The maximum absolute atomic E-state index is 13.4. The molecule has 0 bridgehead atoms. The lowest BCUT2D eigenvalue weighted by Gasteiger charge is -2.24. The predicted octanol–water partition coefficient (Wildman–Crippen LogP) is 2.49. The Morgan fingerprint density at radius 2 is 2.18 bits per heavy atom. The lowest BCUT2D eigenvalue weighted by Crippen LogP contribution is -2.29. The number of halogens is 1. The first-order valence-corrected chi connectivity index (χ1v) is 10.1. The summed E-state index contributed by atoms with van der Waals surface area (Å²) in [5.74, 6) is 0.366. The van der Waals surface area contributed by atoms with Gasteiger partial charge in [0.1, 0.15) is 11.6 Å². The van der Waals surface area contributed by atoms with Gasteiger partial charge in [0.15, 0.2) is 5.78 Å². The quantitative estimate of drug-likeness (QED) is 0.650. The Balaban J connectivity index is 1.64. The van der Waals surface area contributed by atoms with Gasteiger partial charge in [-0.2, -0.15) is 5.10 Å². The molecule has 0 aromatic carbocycles. The van der Waals surface area contributed by atoms with Crippen molar-refractivity contribution in [3.05, 3.63) is 35.4 Å². The zero-order valence-electron chi connectivity index (χ0n) is 15.7. The van der Waals surface area contributed by atoms with Gasteiger partial charge in [-0.3, -0.25) is 14.5 Å². The minimum absolute atomic E-state index is 0.136. The second-order valence-electron chi connectivity index (χ2n) is 7.24. The van der Waals surface area contributed by atoms with Crippen LogP contribution in [-0.4, -0.2) is 39.7 Å². The zero-order valence-corrected chi connectivity index (χ0v) is 16.5. The number of aromatic nitrogens is 3. The molecule has 3 aromatic heterocycles. The number of carbonyl (C=O) groups excluding carboxylic acids is 1. The van der Waals surface area contributed by atoms with Crippen molar-refractivity contribution in [2.24, 2.45) is 12.8 Å². The Morgan fingerprint density at radius 1 is 1.36 bits per heavy atom. The molecular formula is C19H23FN6OS. The van der Waals surface area contributed by atoms with Crippen LogP contribution in [0.15, 0.2) is 18.5 Å². The number of ketones is 1. The Morgan fingerprint density at radius 3 is 3.00 bits per heavy atom. The van der Waals surface area contributed by atoms with Crippen molar-refractivity contribution in [1.82, 2.24) is 14.8 Å². The number of hydrogen-bond acceptors (Lipinski definition) is 7. The van der Waals surface area contributed by atoms with Crippen LogP contribution in [0.25, 0.3) is 10.2 Å². The second kappa shape index (κ2) is 7.48. The number of rotatable bonds is 4. The van der Waals surface area contributed by atoms with Crippen LogP contribution in [0.4, 0.5) is 15.2 Å². The van der Waals surface area contributed by atoms with E-state index in [0.29, 0.717) is 20.8 Å². The van der Waals surface area contributed by atoms with E-state index in [-0.39, 0.29) is 18.2 Å². The number of pyridine rings is 1. The molecule has 1 unspecified atom stereocenters. The SMILES string of the molecule is Cn1ncc(CC(=O)c2c(N)sc3cc(F)cnc23)c1N1CCCC(N)CC1. The van der Waals surface area contributed by atoms with Gasteiger partial charge in [-0.25, -0.2) is 4.39 Å². The van der Waals surface area contributed by atoms with E-state index in [2.05, 4.69) is 15.0 Å². The molecule has 0 aliphatic carbocycles. The van der Waals surface area contributed by atoms with Gasteiger partial charge in [-0.15, -0.1) is 11.3 Å². The molecule has 0 saturated carbocycles. The van der Waals surface area contributed by atoms with E-state index in [0.717, 1.165) is 49.9 Å². The fraction of sp³-hybridized carbons (Fsp3) is 0.421. The molecule has 1 atom stereocenters. The number of thiophene rings is 1. The number of nitrogen functional groups attached to an aromatic ring is 1. The van der Waals surface area contributed by atoms with Gasteiger partial charge in [-0.1, -0.05) is 0 Å². The first kappa shape index (κ1) is 18.8. The topological polar surface area (TPSA) is 103 Å². The van der Waals surface area contributed by atoms with E-state index in [4.69, 9.17) is 11.5 Å². The summed E-state index contributed by atoms with van der Waals surface area (Å²) < 4.78 is 15.8. The average Bonchev–Trinajstić information content (AvgIpc) is 3.07. The normalized spacial score (nSPS) is 17.8. The van der Waals surface area contributed by atoms with E-state index in [1.807, 2.05) is 11.7 Å². The summed E-state index contributed by atoms with van der Waals surface area (Å²) in [6, 6.07) is 1.57. The second-order valence-corrected chi connectivity index (χ2v) is 8.32.